The number of nitrogens with one attached hydrogen (secondary N) is 1. The normalized spacial score (nSPS) is 11.2. The minimum Gasteiger partial charge on any atom is -0.379 e. The molecule has 2 heteroatoms. The van der Waals surface area contributed by atoms with Crippen LogP contribution in [-0.4, -0.2) is 6.54 Å². The Labute approximate surface area is 91.0 Å². The first-order valence-electron chi connectivity index (χ1n) is 5.10. The minimum absolute atomic E-state index is 0.0400. The van der Waals surface area contributed by atoms with Crippen LogP contribution in [0.3, 0.4) is 0 Å². The fraction of sp³-hybridized carbons (Fsp3) is 0.385. The number of anilines is 1. The van der Waals surface area contributed by atoms with Crippen molar-refractivity contribution in [1.82, 2.24) is 0 Å². The van der Waals surface area contributed by atoms with Gasteiger partial charge in [-0.3, -0.25) is 0 Å². The van der Waals surface area contributed by atoms with Crippen molar-refractivity contribution in [3.63, 3.8) is 0 Å². The molecule has 0 saturated heterocycles. The molecular formula is C13H18FN. The molecule has 0 unspecified atom stereocenters. The zero-order valence-electron chi connectivity index (χ0n) is 9.60. The van der Waals surface area contributed by atoms with Gasteiger partial charge in [-0.15, -0.1) is 6.58 Å². The van der Waals surface area contributed by atoms with Crippen molar-refractivity contribution in [2.75, 3.05) is 11.9 Å². The van der Waals surface area contributed by atoms with Gasteiger partial charge >= 0.3 is 0 Å². The van der Waals surface area contributed by atoms with Gasteiger partial charge in [-0.2, -0.15) is 0 Å². The lowest BCUT2D eigenvalue weighted by Gasteiger charge is -2.20. The van der Waals surface area contributed by atoms with Crippen LogP contribution >= 0.6 is 0 Å². The molecule has 0 aliphatic heterocycles. The Morgan fingerprint density at radius 2 is 2.07 bits per heavy atom. The van der Waals surface area contributed by atoms with Gasteiger partial charge < -0.3 is 5.32 Å². The molecule has 0 radical (unpaired) electrons. The summed E-state index contributed by atoms with van der Waals surface area (Å²) in [7, 11) is 0. The number of halogens is 1. The third kappa shape index (κ3) is 3.08. The highest BCUT2D eigenvalue weighted by molar-refractivity contribution is 5.49. The van der Waals surface area contributed by atoms with Crippen molar-refractivity contribution in [2.45, 2.75) is 26.2 Å². The van der Waals surface area contributed by atoms with E-state index in [1.807, 2.05) is 12.1 Å². The third-order valence-corrected chi connectivity index (χ3v) is 2.27. The summed E-state index contributed by atoms with van der Waals surface area (Å²) >= 11 is 0. The maximum atomic E-state index is 13.4. The van der Waals surface area contributed by atoms with Crippen molar-refractivity contribution in [3.05, 3.63) is 42.2 Å². The van der Waals surface area contributed by atoms with E-state index in [0.717, 1.165) is 5.56 Å². The van der Waals surface area contributed by atoms with Gasteiger partial charge in [0.25, 0.3) is 0 Å². The first kappa shape index (κ1) is 11.8. The van der Waals surface area contributed by atoms with Gasteiger partial charge in [0.05, 0.1) is 5.69 Å². The second-order valence-electron chi connectivity index (χ2n) is 4.61. The lowest BCUT2D eigenvalue weighted by atomic mass is 9.87. The van der Waals surface area contributed by atoms with Crippen LogP contribution < -0.4 is 5.32 Å². The molecule has 1 N–H and O–H groups in total. The quantitative estimate of drug-likeness (QED) is 0.745. The molecule has 0 aliphatic rings. The number of hydrogen-bond acceptors (Lipinski definition) is 1. The fourth-order valence-corrected chi connectivity index (χ4v) is 1.31. The monoisotopic (exact) mass is 207 g/mol. The Morgan fingerprint density at radius 1 is 1.40 bits per heavy atom. The molecule has 15 heavy (non-hydrogen) atoms. The summed E-state index contributed by atoms with van der Waals surface area (Å²) < 4.78 is 13.4. The van der Waals surface area contributed by atoms with E-state index < -0.39 is 0 Å². The highest BCUT2D eigenvalue weighted by atomic mass is 19.1. The van der Waals surface area contributed by atoms with Crippen molar-refractivity contribution in [2.24, 2.45) is 0 Å². The maximum Gasteiger partial charge on any atom is 0.146 e. The summed E-state index contributed by atoms with van der Waals surface area (Å²) in [6.07, 6.45) is 1.71. The second-order valence-corrected chi connectivity index (χ2v) is 4.61. The zero-order chi connectivity index (χ0) is 11.5. The van der Waals surface area contributed by atoms with Gasteiger partial charge in [0, 0.05) is 6.54 Å². The molecule has 0 amide bonds. The van der Waals surface area contributed by atoms with Crippen LogP contribution in [0.5, 0.6) is 0 Å². The van der Waals surface area contributed by atoms with E-state index in [1.165, 1.54) is 6.07 Å². The number of benzene rings is 1. The maximum absolute atomic E-state index is 13.4. The Balaban J connectivity index is 3.00. The smallest absolute Gasteiger partial charge is 0.146 e. The van der Waals surface area contributed by atoms with Gasteiger partial charge in [-0.1, -0.05) is 32.9 Å². The lowest BCUT2D eigenvalue weighted by Crippen LogP contribution is -2.12. The van der Waals surface area contributed by atoms with Gasteiger partial charge in [-0.05, 0) is 23.1 Å². The summed E-state index contributed by atoms with van der Waals surface area (Å²) in [4.78, 5) is 0. The lowest BCUT2D eigenvalue weighted by molar-refractivity contribution is 0.584. The SMILES string of the molecule is C=CCNc1cc(C(C)(C)C)ccc1F. The van der Waals surface area contributed by atoms with Gasteiger partial charge in [-0.25, -0.2) is 4.39 Å². The van der Waals surface area contributed by atoms with E-state index >= 15 is 0 Å². The molecule has 82 valence electrons. The van der Waals surface area contributed by atoms with Gasteiger partial charge in [0.15, 0.2) is 0 Å². The van der Waals surface area contributed by atoms with Crippen molar-refractivity contribution in [3.8, 4) is 0 Å². The average Bonchev–Trinajstić information content (AvgIpc) is 2.15. The molecule has 0 fully saturated rings. The molecule has 0 aliphatic carbocycles. The second kappa shape index (κ2) is 4.47. The van der Waals surface area contributed by atoms with E-state index in [2.05, 4.69) is 32.7 Å². The third-order valence-electron chi connectivity index (χ3n) is 2.27. The summed E-state index contributed by atoms with van der Waals surface area (Å²) in [5, 5.41) is 2.98. The number of rotatable bonds is 3. The number of hydrogen-bond donors (Lipinski definition) is 1. The van der Waals surface area contributed by atoms with Crippen molar-refractivity contribution < 1.29 is 4.39 Å². The molecule has 1 nitrogen and oxygen atoms in total. The molecule has 1 aromatic carbocycles. The minimum atomic E-state index is -0.218. The van der Waals surface area contributed by atoms with E-state index in [4.69, 9.17) is 0 Å². The first-order chi connectivity index (χ1) is 6.95. The van der Waals surface area contributed by atoms with Crippen LogP contribution in [-0.2, 0) is 5.41 Å². The molecule has 0 saturated carbocycles. The highest BCUT2D eigenvalue weighted by Crippen LogP contribution is 2.26. The molecule has 0 spiro atoms. The van der Waals surface area contributed by atoms with Gasteiger partial charge in [0.1, 0.15) is 5.82 Å². The predicted molar refractivity (Wildman–Crippen MR) is 63.8 cm³/mol. The standard InChI is InChI=1S/C13H18FN/c1-5-8-15-12-9-10(13(2,3)4)6-7-11(12)14/h5-7,9,15H,1,8H2,2-4H3. The highest BCUT2D eigenvalue weighted by Gasteiger charge is 2.15. The van der Waals surface area contributed by atoms with Crippen molar-refractivity contribution in [1.29, 1.82) is 0 Å². The van der Waals surface area contributed by atoms with E-state index in [-0.39, 0.29) is 11.2 Å². The summed E-state index contributed by atoms with van der Waals surface area (Å²) in [6.45, 7) is 10.5. The van der Waals surface area contributed by atoms with Crippen LogP contribution in [0.15, 0.2) is 30.9 Å². The zero-order valence-corrected chi connectivity index (χ0v) is 9.60. The van der Waals surface area contributed by atoms with Crippen LogP contribution in [0.4, 0.5) is 10.1 Å². The Kier molecular flexibility index (Phi) is 3.51. The fourth-order valence-electron chi connectivity index (χ4n) is 1.31. The van der Waals surface area contributed by atoms with Crippen LogP contribution in [0.2, 0.25) is 0 Å². The predicted octanol–water partition coefficient (Wildman–Crippen LogP) is 3.72. The van der Waals surface area contributed by atoms with Crippen LogP contribution in [0, 0.1) is 5.82 Å². The van der Waals surface area contributed by atoms with Crippen molar-refractivity contribution >= 4 is 5.69 Å². The molecule has 0 heterocycles. The van der Waals surface area contributed by atoms with E-state index in [0.29, 0.717) is 12.2 Å². The topological polar surface area (TPSA) is 12.0 Å². The summed E-state index contributed by atoms with van der Waals surface area (Å²) in [6, 6.07) is 5.19. The molecule has 1 aromatic rings. The Morgan fingerprint density at radius 3 is 2.60 bits per heavy atom. The van der Waals surface area contributed by atoms with Crippen LogP contribution in [0.1, 0.15) is 26.3 Å². The largest absolute Gasteiger partial charge is 0.379 e. The summed E-state index contributed by atoms with van der Waals surface area (Å²) in [5.41, 5.74) is 1.70. The molecular weight excluding hydrogens is 189 g/mol. The Hall–Kier alpha value is -1.31. The molecule has 0 aromatic heterocycles. The Bertz CT molecular complexity index is 350. The average molecular weight is 207 g/mol. The molecule has 1 rings (SSSR count). The first-order valence-corrected chi connectivity index (χ1v) is 5.10. The van der Waals surface area contributed by atoms with Gasteiger partial charge in [0.2, 0.25) is 0 Å². The molecule has 0 atom stereocenters. The van der Waals surface area contributed by atoms with E-state index in [1.54, 1.807) is 6.08 Å². The molecule has 0 bridgehead atoms. The summed E-state index contributed by atoms with van der Waals surface area (Å²) in [5.74, 6) is -0.218. The van der Waals surface area contributed by atoms with E-state index in [9.17, 15) is 4.39 Å². The van der Waals surface area contributed by atoms with Crippen LogP contribution in [0.25, 0.3) is 0 Å².